The Morgan fingerprint density at radius 1 is 1.47 bits per heavy atom. The van der Waals surface area contributed by atoms with Crippen molar-refractivity contribution in [1.82, 2.24) is 14.7 Å². The summed E-state index contributed by atoms with van der Waals surface area (Å²) in [4.78, 5) is 14.3. The third-order valence-corrected chi connectivity index (χ3v) is 3.85. The van der Waals surface area contributed by atoms with E-state index in [4.69, 9.17) is 0 Å². The molecule has 1 aromatic heterocycles. The first kappa shape index (κ1) is 14.1. The number of likely N-dealkylation sites (tertiary alicyclic amines) is 1. The molecule has 4 nitrogen and oxygen atoms in total. The van der Waals surface area contributed by atoms with Crippen LogP contribution in [0.2, 0.25) is 0 Å². The number of aromatic nitrogens is 2. The Kier molecular flexibility index (Phi) is 5.00. The molecule has 0 N–H and O–H groups in total. The van der Waals surface area contributed by atoms with Crippen LogP contribution < -0.4 is 0 Å². The second-order valence-electron chi connectivity index (χ2n) is 5.58. The first-order valence-corrected chi connectivity index (χ1v) is 7.49. The molecule has 1 unspecified atom stereocenters. The van der Waals surface area contributed by atoms with E-state index in [1.54, 1.807) is 0 Å². The lowest BCUT2D eigenvalue weighted by Gasteiger charge is -2.24. The Morgan fingerprint density at radius 3 is 3.00 bits per heavy atom. The normalized spacial score (nSPS) is 19.1. The van der Waals surface area contributed by atoms with Crippen molar-refractivity contribution >= 4 is 5.91 Å². The molecule has 1 saturated heterocycles. The van der Waals surface area contributed by atoms with Crippen LogP contribution in [0.25, 0.3) is 0 Å². The summed E-state index contributed by atoms with van der Waals surface area (Å²) in [6.45, 7) is 5.98. The van der Waals surface area contributed by atoms with Crippen LogP contribution in [0.5, 0.6) is 0 Å². The van der Waals surface area contributed by atoms with Crippen LogP contribution in [0.15, 0.2) is 12.4 Å². The highest BCUT2D eigenvalue weighted by atomic mass is 16.2. The Labute approximate surface area is 115 Å². The van der Waals surface area contributed by atoms with E-state index in [1.165, 1.54) is 12.0 Å². The number of hydrogen-bond acceptors (Lipinski definition) is 2. The number of aryl methyl sites for hydroxylation is 1. The van der Waals surface area contributed by atoms with Gasteiger partial charge in [-0.3, -0.25) is 9.48 Å². The minimum atomic E-state index is 0.333. The van der Waals surface area contributed by atoms with Gasteiger partial charge < -0.3 is 4.90 Å². The molecule has 1 aromatic rings. The lowest BCUT2D eigenvalue weighted by molar-refractivity contribution is -0.132. The molecular formula is C15H25N3O. The summed E-state index contributed by atoms with van der Waals surface area (Å²) < 4.78 is 1.97. The van der Waals surface area contributed by atoms with Crippen molar-refractivity contribution in [3.63, 3.8) is 0 Å². The van der Waals surface area contributed by atoms with E-state index in [0.717, 1.165) is 38.8 Å². The third-order valence-electron chi connectivity index (χ3n) is 3.85. The molecule has 0 saturated carbocycles. The maximum absolute atomic E-state index is 12.2. The molecule has 1 fully saturated rings. The topological polar surface area (TPSA) is 38.1 Å². The van der Waals surface area contributed by atoms with Gasteiger partial charge in [0.1, 0.15) is 0 Å². The molecule has 0 aliphatic carbocycles. The van der Waals surface area contributed by atoms with Gasteiger partial charge in [-0.05, 0) is 31.7 Å². The van der Waals surface area contributed by atoms with Crippen molar-refractivity contribution in [2.24, 2.45) is 0 Å². The Hall–Kier alpha value is -1.32. The summed E-state index contributed by atoms with van der Waals surface area (Å²) in [6.07, 6.45) is 10.2. The van der Waals surface area contributed by atoms with Gasteiger partial charge in [-0.2, -0.15) is 5.10 Å². The zero-order valence-corrected chi connectivity index (χ0v) is 12.1. The Bertz CT molecular complexity index is 413. The molecule has 1 aliphatic heterocycles. The van der Waals surface area contributed by atoms with E-state index >= 15 is 0 Å². The van der Waals surface area contributed by atoms with Crippen LogP contribution in [0.3, 0.4) is 0 Å². The first-order valence-electron chi connectivity index (χ1n) is 7.49. The van der Waals surface area contributed by atoms with Gasteiger partial charge in [0.05, 0.1) is 18.8 Å². The fourth-order valence-electron chi connectivity index (χ4n) is 2.81. The summed E-state index contributed by atoms with van der Waals surface area (Å²) in [5, 5.41) is 4.33. The largest absolute Gasteiger partial charge is 0.338 e. The number of amides is 1. The average Bonchev–Trinajstić information content (AvgIpc) is 2.99. The quantitative estimate of drug-likeness (QED) is 0.740. The maximum Gasteiger partial charge on any atom is 0.222 e. The number of rotatable bonds is 6. The van der Waals surface area contributed by atoms with E-state index in [-0.39, 0.29) is 0 Å². The van der Waals surface area contributed by atoms with Crippen LogP contribution in [0.4, 0.5) is 0 Å². The second kappa shape index (κ2) is 6.73. The lowest BCUT2D eigenvalue weighted by atomic mass is 10.1. The van der Waals surface area contributed by atoms with Crippen molar-refractivity contribution in [3.05, 3.63) is 18.0 Å². The highest BCUT2D eigenvalue weighted by molar-refractivity contribution is 5.76. The number of nitrogens with zero attached hydrogens (tertiary/aromatic N) is 3. The van der Waals surface area contributed by atoms with E-state index < -0.39 is 0 Å². The smallest absolute Gasteiger partial charge is 0.222 e. The van der Waals surface area contributed by atoms with Gasteiger partial charge in [-0.15, -0.1) is 0 Å². The van der Waals surface area contributed by atoms with Crippen LogP contribution >= 0.6 is 0 Å². The van der Waals surface area contributed by atoms with Crippen molar-refractivity contribution in [2.75, 3.05) is 6.54 Å². The van der Waals surface area contributed by atoms with Crippen molar-refractivity contribution in [3.8, 4) is 0 Å². The number of hydrogen-bond donors (Lipinski definition) is 0. The van der Waals surface area contributed by atoms with Gasteiger partial charge in [0.15, 0.2) is 0 Å². The van der Waals surface area contributed by atoms with E-state index in [2.05, 4.69) is 23.1 Å². The fraction of sp³-hybridized carbons (Fsp3) is 0.733. The summed E-state index contributed by atoms with van der Waals surface area (Å²) in [7, 11) is 0. The second-order valence-corrected chi connectivity index (χ2v) is 5.58. The molecule has 0 spiro atoms. The monoisotopic (exact) mass is 263 g/mol. The molecule has 0 bridgehead atoms. The molecule has 2 rings (SSSR count). The van der Waals surface area contributed by atoms with Gasteiger partial charge in [-0.1, -0.05) is 19.8 Å². The molecule has 106 valence electrons. The molecule has 1 aliphatic rings. The van der Waals surface area contributed by atoms with Crippen LogP contribution in [0.1, 0.15) is 51.0 Å². The highest BCUT2D eigenvalue weighted by Gasteiger charge is 2.28. The summed E-state index contributed by atoms with van der Waals surface area (Å²) in [6, 6.07) is 0.341. The molecule has 0 aromatic carbocycles. The minimum absolute atomic E-state index is 0.333. The summed E-state index contributed by atoms with van der Waals surface area (Å²) >= 11 is 0. The van der Waals surface area contributed by atoms with Crippen LogP contribution in [0, 0.1) is 6.92 Å². The zero-order chi connectivity index (χ0) is 13.7. The Balaban J connectivity index is 1.87. The number of unbranched alkanes of at least 4 members (excludes halogenated alkanes) is 2. The van der Waals surface area contributed by atoms with Crippen LogP contribution in [-0.2, 0) is 11.3 Å². The maximum atomic E-state index is 12.2. The van der Waals surface area contributed by atoms with Gasteiger partial charge >= 0.3 is 0 Å². The van der Waals surface area contributed by atoms with Gasteiger partial charge in [0.2, 0.25) is 5.91 Å². The highest BCUT2D eigenvalue weighted by Crippen LogP contribution is 2.20. The van der Waals surface area contributed by atoms with Crippen molar-refractivity contribution in [1.29, 1.82) is 0 Å². The molecule has 4 heteroatoms. The first-order chi connectivity index (χ1) is 9.20. The lowest BCUT2D eigenvalue weighted by Crippen LogP contribution is -2.38. The van der Waals surface area contributed by atoms with Gasteiger partial charge in [0.25, 0.3) is 0 Å². The van der Waals surface area contributed by atoms with E-state index in [0.29, 0.717) is 18.4 Å². The third kappa shape index (κ3) is 3.82. The average molecular weight is 263 g/mol. The summed E-state index contributed by atoms with van der Waals surface area (Å²) in [5.74, 6) is 0.333. The number of carbonyl (C=O) groups is 1. The van der Waals surface area contributed by atoms with Crippen molar-refractivity contribution < 1.29 is 4.79 Å². The fourth-order valence-corrected chi connectivity index (χ4v) is 2.81. The van der Waals surface area contributed by atoms with Gasteiger partial charge in [-0.25, -0.2) is 0 Å². The zero-order valence-electron chi connectivity index (χ0n) is 12.1. The van der Waals surface area contributed by atoms with Gasteiger partial charge in [0, 0.05) is 19.2 Å². The molecule has 1 atom stereocenters. The predicted molar refractivity (Wildman–Crippen MR) is 75.8 cm³/mol. The van der Waals surface area contributed by atoms with E-state index in [9.17, 15) is 4.79 Å². The molecule has 19 heavy (non-hydrogen) atoms. The standard InChI is InChI=1S/C15H25N3O/c1-3-4-5-8-15(19)18-9-6-7-14(18)12-17-11-13(2)10-16-17/h10-11,14H,3-9,12H2,1-2H3. The molecular weight excluding hydrogens is 238 g/mol. The SMILES string of the molecule is CCCCCC(=O)N1CCCC1Cn1cc(C)cn1. The molecule has 1 amide bonds. The van der Waals surface area contributed by atoms with Crippen LogP contribution in [-0.4, -0.2) is 33.2 Å². The minimum Gasteiger partial charge on any atom is -0.338 e. The Morgan fingerprint density at radius 2 is 2.32 bits per heavy atom. The molecule has 0 radical (unpaired) electrons. The summed E-state index contributed by atoms with van der Waals surface area (Å²) in [5.41, 5.74) is 1.18. The predicted octanol–water partition coefficient (Wildman–Crippen LogP) is 2.76. The number of carbonyl (C=O) groups excluding carboxylic acids is 1. The molecule has 2 heterocycles. The van der Waals surface area contributed by atoms with Crippen molar-refractivity contribution in [2.45, 2.75) is 65.0 Å². The van der Waals surface area contributed by atoms with E-state index in [1.807, 2.05) is 17.8 Å².